The maximum Gasteiger partial charge on any atom is 0.165 e. The zero-order valence-corrected chi connectivity index (χ0v) is 10.1. The van der Waals surface area contributed by atoms with Crippen molar-refractivity contribution in [3.05, 3.63) is 40.9 Å². The molecule has 0 unspecified atom stereocenters. The van der Waals surface area contributed by atoms with E-state index in [9.17, 15) is 4.39 Å². The summed E-state index contributed by atoms with van der Waals surface area (Å²) in [4.78, 5) is 8.25. The summed E-state index contributed by atoms with van der Waals surface area (Å²) in [6, 6.07) is 6.19. The van der Waals surface area contributed by atoms with Gasteiger partial charge in [-0.15, -0.1) is 0 Å². The molecule has 5 heteroatoms. The summed E-state index contributed by atoms with van der Waals surface area (Å²) in [6.45, 7) is 1.80. The maximum atomic E-state index is 13.5. The van der Waals surface area contributed by atoms with E-state index in [0.717, 1.165) is 5.69 Å². The van der Waals surface area contributed by atoms with E-state index < -0.39 is 5.82 Å². The first-order valence-corrected chi connectivity index (χ1v) is 5.33. The lowest BCUT2D eigenvalue weighted by atomic mass is 10.2. The Hall–Kier alpha value is -1.68. The Labute approximate surface area is 103 Å². The molecule has 1 aromatic heterocycles. The van der Waals surface area contributed by atoms with Crippen LogP contribution in [0.25, 0.3) is 11.4 Å². The molecule has 0 saturated heterocycles. The minimum Gasteiger partial charge on any atom is -0.494 e. The average Bonchev–Trinajstić information content (AvgIpc) is 2.27. The number of halogens is 2. The van der Waals surface area contributed by atoms with Gasteiger partial charge in [0.05, 0.1) is 7.11 Å². The molecule has 17 heavy (non-hydrogen) atoms. The SMILES string of the molecule is COc1ccc(-c2nc(C)cc(Cl)n2)cc1F. The Balaban J connectivity index is 2.49. The molecule has 0 spiro atoms. The van der Waals surface area contributed by atoms with Crippen LogP contribution in [0.1, 0.15) is 5.69 Å². The fourth-order valence-corrected chi connectivity index (χ4v) is 1.70. The van der Waals surface area contributed by atoms with Gasteiger partial charge < -0.3 is 4.74 Å². The minimum atomic E-state index is -0.453. The number of ether oxygens (including phenoxy) is 1. The second-order valence-corrected chi connectivity index (χ2v) is 3.89. The van der Waals surface area contributed by atoms with Crippen molar-refractivity contribution in [2.45, 2.75) is 6.92 Å². The lowest BCUT2D eigenvalue weighted by Gasteiger charge is -2.05. The zero-order valence-electron chi connectivity index (χ0n) is 9.37. The van der Waals surface area contributed by atoms with E-state index in [4.69, 9.17) is 16.3 Å². The Morgan fingerprint density at radius 1 is 1.24 bits per heavy atom. The van der Waals surface area contributed by atoms with Crippen LogP contribution in [0, 0.1) is 12.7 Å². The first-order valence-electron chi connectivity index (χ1n) is 4.95. The number of nitrogens with zero attached hydrogens (tertiary/aromatic N) is 2. The molecule has 0 amide bonds. The molecule has 0 N–H and O–H groups in total. The normalized spacial score (nSPS) is 10.4. The average molecular weight is 253 g/mol. The van der Waals surface area contributed by atoms with E-state index in [1.807, 2.05) is 0 Å². The van der Waals surface area contributed by atoms with Gasteiger partial charge in [0, 0.05) is 11.3 Å². The number of rotatable bonds is 2. The summed E-state index contributed by atoms with van der Waals surface area (Å²) in [5, 5.41) is 0.337. The van der Waals surface area contributed by atoms with Crippen LogP contribution in [0.15, 0.2) is 24.3 Å². The number of aromatic nitrogens is 2. The molecule has 2 rings (SSSR count). The molecule has 0 bridgehead atoms. The summed E-state index contributed by atoms with van der Waals surface area (Å²) in [6.07, 6.45) is 0. The van der Waals surface area contributed by atoms with Crippen LogP contribution in [0.4, 0.5) is 4.39 Å². The molecule has 0 saturated carbocycles. The van der Waals surface area contributed by atoms with Crippen molar-refractivity contribution in [2.75, 3.05) is 7.11 Å². The lowest BCUT2D eigenvalue weighted by Crippen LogP contribution is -1.94. The van der Waals surface area contributed by atoms with Gasteiger partial charge in [-0.05, 0) is 31.2 Å². The number of hydrogen-bond acceptors (Lipinski definition) is 3. The third kappa shape index (κ3) is 2.53. The quantitative estimate of drug-likeness (QED) is 0.770. The van der Waals surface area contributed by atoms with Crippen molar-refractivity contribution < 1.29 is 9.13 Å². The van der Waals surface area contributed by atoms with Crippen LogP contribution in [0.2, 0.25) is 5.15 Å². The molecule has 3 nitrogen and oxygen atoms in total. The summed E-state index contributed by atoms with van der Waals surface area (Å²) in [5.41, 5.74) is 1.30. The smallest absolute Gasteiger partial charge is 0.165 e. The number of benzene rings is 1. The van der Waals surface area contributed by atoms with Gasteiger partial charge in [0.1, 0.15) is 5.15 Å². The van der Waals surface area contributed by atoms with Gasteiger partial charge in [0.25, 0.3) is 0 Å². The predicted octanol–water partition coefficient (Wildman–Crippen LogP) is 3.25. The summed E-state index contributed by atoms with van der Waals surface area (Å²) in [7, 11) is 1.41. The fraction of sp³-hybridized carbons (Fsp3) is 0.167. The van der Waals surface area contributed by atoms with Crippen LogP contribution in [-0.2, 0) is 0 Å². The molecule has 2 aromatic rings. The monoisotopic (exact) mass is 252 g/mol. The van der Waals surface area contributed by atoms with E-state index in [1.54, 1.807) is 19.1 Å². The van der Waals surface area contributed by atoms with E-state index in [0.29, 0.717) is 16.5 Å². The van der Waals surface area contributed by atoms with Crippen molar-refractivity contribution in [1.29, 1.82) is 0 Å². The van der Waals surface area contributed by atoms with Crippen LogP contribution in [0.3, 0.4) is 0 Å². The molecule has 0 aliphatic rings. The first-order chi connectivity index (χ1) is 8.10. The van der Waals surface area contributed by atoms with Gasteiger partial charge >= 0.3 is 0 Å². The van der Waals surface area contributed by atoms with Gasteiger partial charge in [0.15, 0.2) is 17.4 Å². The highest BCUT2D eigenvalue weighted by Gasteiger charge is 2.08. The van der Waals surface area contributed by atoms with E-state index in [1.165, 1.54) is 19.2 Å². The van der Waals surface area contributed by atoms with Crippen LogP contribution in [-0.4, -0.2) is 17.1 Å². The lowest BCUT2D eigenvalue weighted by molar-refractivity contribution is 0.386. The van der Waals surface area contributed by atoms with E-state index >= 15 is 0 Å². The Morgan fingerprint density at radius 2 is 2.00 bits per heavy atom. The maximum absolute atomic E-state index is 13.5. The standard InChI is InChI=1S/C12H10ClFN2O/c1-7-5-11(13)16-12(15-7)8-3-4-10(17-2)9(14)6-8/h3-6H,1-2H3. The predicted molar refractivity (Wildman–Crippen MR) is 63.7 cm³/mol. The molecular formula is C12H10ClFN2O. The largest absolute Gasteiger partial charge is 0.494 e. The topological polar surface area (TPSA) is 35.0 Å². The second-order valence-electron chi connectivity index (χ2n) is 3.50. The van der Waals surface area contributed by atoms with Crippen LogP contribution >= 0.6 is 11.6 Å². The molecule has 0 fully saturated rings. The summed E-state index contributed by atoms with van der Waals surface area (Å²) < 4.78 is 18.4. The van der Waals surface area contributed by atoms with Crippen molar-refractivity contribution in [1.82, 2.24) is 9.97 Å². The number of hydrogen-bond donors (Lipinski definition) is 0. The third-order valence-corrected chi connectivity index (χ3v) is 2.43. The van der Waals surface area contributed by atoms with Gasteiger partial charge in [-0.3, -0.25) is 0 Å². The number of aryl methyl sites for hydroxylation is 1. The highest BCUT2D eigenvalue weighted by Crippen LogP contribution is 2.24. The molecule has 0 aliphatic carbocycles. The minimum absolute atomic E-state index is 0.188. The molecule has 1 heterocycles. The van der Waals surface area contributed by atoms with Crippen LogP contribution < -0.4 is 4.74 Å². The zero-order chi connectivity index (χ0) is 12.4. The second kappa shape index (κ2) is 4.67. The third-order valence-electron chi connectivity index (χ3n) is 2.23. The van der Waals surface area contributed by atoms with Crippen molar-refractivity contribution >= 4 is 11.6 Å². The van der Waals surface area contributed by atoms with E-state index in [2.05, 4.69) is 9.97 Å². The molecular weight excluding hydrogens is 243 g/mol. The summed E-state index contributed by atoms with van der Waals surface area (Å²) in [5.74, 6) is 0.135. The number of methoxy groups -OCH3 is 1. The van der Waals surface area contributed by atoms with Crippen molar-refractivity contribution in [3.63, 3.8) is 0 Å². The van der Waals surface area contributed by atoms with Gasteiger partial charge in [-0.25, -0.2) is 14.4 Å². The Morgan fingerprint density at radius 3 is 2.59 bits per heavy atom. The van der Waals surface area contributed by atoms with Gasteiger partial charge in [-0.1, -0.05) is 11.6 Å². The van der Waals surface area contributed by atoms with Crippen molar-refractivity contribution in [3.8, 4) is 17.1 Å². The van der Waals surface area contributed by atoms with Gasteiger partial charge in [-0.2, -0.15) is 0 Å². The van der Waals surface area contributed by atoms with Crippen LogP contribution in [0.5, 0.6) is 5.75 Å². The highest BCUT2D eigenvalue weighted by atomic mass is 35.5. The highest BCUT2D eigenvalue weighted by molar-refractivity contribution is 6.29. The van der Waals surface area contributed by atoms with E-state index in [-0.39, 0.29) is 5.75 Å². The Kier molecular flexibility index (Phi) is 3.24. The fourth-order valence-electron chi connectivity index (χ4n) is 1.46. The molecule has 0 atom stereocenters. The summed E-state index contributed by atoms with van der Waals surface area (Å²) >= 11 is 5.83. The molecule has 0 radical (unpaired) electrons. The molecule has 88 valence electrons. The molecule has 1 aromatic carbocycles. The molecule has 0 aliphatic heterocycles. The van der Waals surface area contributed by atoms with Crippen molar-refractivity contribution in [2.24, 2.45) is 0 Å². The first kappa shape index (κ1) is 11.8. The van der Waals surface area contributed by atoms with Gasteiger partial charge in [0.2, 0.25) is 0 Å². The Bertz CT molecular complexity index is 540.